The molecule has 1 aromatic rings. The highest BCUT2D eigenvalue weighted by atomic mass is 16.5. The molecule has 5 rings (SSSR count). The van der Waals surface area contributed by atoms with Crippen molar-refractivity contribution in [3.05, 3.63) is 42.2 Å². The molecule has 0 aromatic heterocycles. The number of para-hydroxylation sites is 1. The Labute approximate surface area is 210 Å². The molecule has 0 radical (unpaired) electrons. The normalized spacial score (nSPS) is 40.7. The summed E-state index contributed by atoms with van der Waals surface area (Å²) in [4.78, 5) is 0. The molecule has 188 valence electrons. The van der Waals surface area contributed by atoms with E-state index in [-0.39, 0.29) is 0 Å². The van der Waals surface area contributed by atoms with E-state index in [1.807, 2.05) is 36.6 Å². The van der Waals surface area contributed by atoms with Crippen molar-refractivity contribution in [1.29, 1.82) is 0 Å². The van der Waals surface area contributed by atoms with Gasteiger partial charge in [0.15, 0.2) is 0 Å². The Bertz CT molecular complexity index is 841. The predicted molar refractivity (Wildman–Crippen MR) is 144 cm³/mol. The van der Waals surface area contributed by atoms with Crippen molar-refractivity contribution >= 4 is 0 Å². The molecular formula is C33H50O. The van der Waals surface area contributed by atoms with Crippen molar-refractivity contribution in [2.75, 3.05) is 0 Å². The van der Waals surface area contributed by atoms with Crippen LogP contribution in [0.1, 0.15) is 111 Å². The highest BCUT2D eigenvalue weighted by molar-refractivity contribution is 5.22. The molecule has 34 heavy (non-hydrogen) atoms. The monoisotopic (exact) mass is 462 g/mol. The van der Waals surface area contributed by atoms with E-state index < -0.39 is 0 Å². The second-order valence-electron chi connectivity index (χ2n) is 13.4. The molecule has 0 bridgehead atoms. The van der Waals surface area contributed by atoms with Gasteiger partial charge in [0.2, 0.25) is 0 Å². The number of hydrogen-bond donors (Lipinski definition) is 0. The zero-order valence-electron chi connectivity index (χ0n) is 22.5. The Kier molecular flexibility index (Phi) is 7.21. The van der Waals surface area contributed by atoms with E-state index in [4.69, 9.17) is 4.74 Å². The molecule has 4 saturated carbocycles. The lowest BCUT2D eigenvalue weighted by molar-refractivity contribution is -0.114. The zero-order valence-corrected chi connectivity index (χ0v) is 22.5. The van der Waals surface area contributed by atoms with E-state index in [0.29, 0.717) is 10.8 Å². The summed E-state index contributed by atoms with van der Waals surface area (Å²) in [5.41, 5.74) is 2.65. The van der Waals surface area contributed by atoms with Crippen LogP contribution in [0.3, 0.4) is 0 Å². The maximum atomic E-state index is 5.85. The topological polar surface area (TPSA) is 9.23 Å². The number of ether oxygens (including phenoxy) is 1. The van der Waals surface area contributed by atoms with Gasteiger partial charge in [0.25, 0.3) is 0 Å². The predicted octanol–water partition coefficient (Wildman–Crippen LogP) is 9.82. The zero-order chi connectivity index (χ0) is 23.8. The van der Waals surface area contributed by atoms with Crippen LogP contribution in [0.25, 0.3) is 0 Å². The van der Waals surface area contributed by atoms with Crippen LogP contribution in [0, 0.1) is 46.3 Å². The van der Waals surface area contributed by atoms with Crippen molar-refractivity contribution in [3.8, 4) is 5.75 Å². The van der Waals surface area contributed by atoms with Gasteiger partial charge in [0, 0.05) is 0 Å². The maximum Gasteiger partial charge on any atom is 0.126 e. The lowest BCUT2D eigenvalue weighted by atomic mass is 9.44. The fraction of sp³-hybridized carbons (Fsp3) is 0.758. The Hall–Kier alpha value is -1.24. The SMILES string of the molecule is CC(=COc1ccccc1)CCC[C@@H](C)[C@H]1CC[C@H]2[C@@H]3CCC4CCCC[C@]4(C)[C@H]3CC[C@]12C. The minimum atomic E-state index is 0.611. The first-order chi connectivity index (χ1) is 16.4. The van der Waals surface area contributed by atoms with Gasteiger partial charge in [0.1, 0.15) is 5.75 Å². The van der Waals surface area contributed by atoms with Crippen LogP contribution in [0.2, 0.25) is 0 Å². The molecule has 0 N–H and O–H groups in total. The van der Waals surface area contributed by atoms with E-state index in [2.05, 4.69) is 27.7 Å². The van der Waals surface area contributed by atoms with E-state index in [1.165, 1.54) is 69.8 Å². The molecule has 1 unspecified atom stereocenters. The molecule has 1 nitrogen and oxygen atoms in total. The third-order valence-corrected chi connectivity index (χ3v) is 11.7. The molecular weight excluding hydrogens is 412 g/mol. The average Bonchev–Trinajstić information content (AvgIpc) is 3.20. The first-order valence-electron chi connectivity index (χ1n) is 14.8. The van der Waals surface area contributed by atoms with Gasteiger partial charge in [-0.25, -0.2) is 0 Å². The molecule has 1 aromatic carbocycles. The van der Waals surface area contributed by atoms with Crippen LogP contribution in [0.5, 0.6) is 5.75 Å². The molecule has 1 heteroatoms. The van der Waals surface area contributed by atoms with E-state index >= 15 is 0 Å². The van der Waals surface area contributed by atoms with Crippen molar-refractivity contribution in [1.82, 2.24) is 0 Å². The highest BCUT2D eigenvalue weighted by Gasteiger charge is 2.59. The van der Waals surface area contributed by atoms with Gasteiger partial charge < -0.3 is 4.74 Å². The number of allylic oxidation sites excluding steroid dienone is 1. The van der Waals surface area contributed by atoms with Crippen LogP contribution in [-0.4, -0.2) is 0 Å². The van der Waals surface area contributed by atoms with Gasteiger partial charge in [-0.2, -0.15) is 0 Å². The number of hydrogen-bond acceptors (Lipinski definition) is 1. The number of rotatable bonds is 7. The molecule has 0 aliphatic heterocycles. The summed E-state index contributed by atoms with van der Waals surface area (Å²) in [6.45, 7) is 10.3. The van der Waals surface area contributed by atoms with Crippen molar-refractivity contribution < 1.29 is 4.74 Å². The molecule has 4 aliphatic carbocycles. The first-order valence-corrected chi connectivity index (χ1v) is 14.8. The Morgan fingerprint density at radius 3 is 2.56 bits per heavy atom. The van der Waals surface area contributed by atoms with E-state index in [1.54, 1.807) is 12.8 Å². The smallest absolute Gasteiger partial charge is 0.126 e. The molecule has 0 spiro atoms. The maximum absolute atomic E-state index is 5.85. The van der Waals surface area contributed by atoms with Crippen LogP contribution in [0.15, 0.2) is 42.2 Å². The molecule has 4 aliphatic rings. The summed E-state index contributed by atoms with van der Waals surface area (Å²) in [5.74, 6) is 6.87. The lowest BCUT2D eigenvalue weighted by Gasteiger charge is -2.61. The summed E-state index contributed by atoms with van der Waals surface area (Å²) < 4.78 is 5.85. The van der Waals surface area contributed by atoms with E-state index in [0.717, 1.165) is 47.7 Å². The fourth-order valence-corrected chi connectivity index (χ4v) is 9.90. The Morgan fingerprint density at radius 1 is 0.941 bits per heavy atom. The lowest BCUT2D eigenvalue weighted by Crippen LogP contribution is -2.53. The highest BCUT2D eigenvalue weighted by Crippen LogP contribution is 2.68. The van der Waals surface area contributed by atoms with Crippen LogP contribution in [0.4, 0.5) is 0 Å². The summed E-state index contributed by atoms with van der Waals surface area (Å²) in [6.07, 6.45) is 21.0. The van der Waals surface area contributed by atoms with Crippen LogP contribution in [-0.2, 0) is 0 Å². The van der Waals surface area contributed by atoms with Gasteiger partial charge in [-0.15, -0.1) is 0 Å². The van der Waals surface area contributed by atoms with Crippen LogP contribution < -0.4 is 4.74 Å². The first kappa shape index (κ1) is 24.5. The Balaban J connectivity index is 1.16. The fourth-order valence-electron chi connectivity index (χ4n) is 9.90. The average molecular weight is 463 g/mol. The Morgan fingerprint density at radius 2 is 1.74 bits per heavy atom. The summed E-state index contributed by atoms with van der Waals surface area (Å²) in [6, 6.07) is 10.2. The standard InChI is InChI=1S/C33H50O/c1-24(23-34-27-14-6-5-7-15-27)11-10-12-25(2)29-18-19-30-28-17-16-26-13-8-9-21-32(26,3)31(28)20-22-33(29,30)4/h5-7,14-15,23,25-26,28-31H,8-13,16-22H2,1-4H3/t25-,26?,28+,29-,30+,31+,32+,33-/m1/s1. The van der Waals surface area contributed by atoms with Gasteiger partial charge in [0.05, 0.1) is 6.26 Å². The second-order valence-corrected chi connectivity index (χ2v) is 13.4. The van der Waals surface area contributed by atoms with Gasteiger partial charge in [-0.05, 0) is 135 Å². The van der Waals surface area contributed by atoms with Crippen molar-refractivity contribution in [3.63, 3.8) is 0 Å². The summed E-state index contributed by atoms with van der Waals surface area (Å²) >= 11 is 0. The number of benzene rings is 1. The van der Waals surface area contributed by atoms with Gasteiger partial charge in [-0.1, -0.05) is 58.2 Å². The summed E-state index contributed by atoms with van der Waals surface area (Å²) in [5, 5.41) is 0. The third-order valence-electron chi connectivity index (χ3n) is 11.7. The molecule has 8 atom stereocenters. The van der Waals surface area contributed by atoms with E-state index in [9.17, 15) is 0 Å². The minimum absolute atomic E-state index is 0.611. The van der Waals surface area contributed by atoms with Gasteiger partial charge in [-0.3, -0.25) is 0 Å². The third kappa shape index (κ3) is 4.51. The van der Waals surface area contributed by atoms with Crippen molar-refractivity contribution in [2.45, 2.75) is 111 Å². The number of fused-ring (bicyclic) bond motifs is 5. The molecule has 0 amide bonds. The largest absolute Gasteiger partial charge is 0.465 e. The molecule has 0 heterocycles. The quantitative estimate of drug-likeness (QED) is 0.366. The molecule has 4 fully saturated rings. The second kappa shape index (κ2) is 10.0. The summed E-state index contributed by atoms with van der Waals surface area (Å²) in [7, 11) is 0. The minimum Gasteiger partial charge on any atom is -0.465 e. The van der Waals surface area contributed by atoms with Crippen LogP contribution >= 0.6 is 0 Å². The van der Waals surface area contributed by atoms with Gasteiger partial charge >= 0.3 is 0 Å². The molecule has 0 saturated heterocycles. The van der Waals surface area contributed by atoms with Crippen molar-refractivity contribution in [2.24, 2.45) is 46.3 Å².